The molecule has 0 unspecified atom stereocenters. The van der Waals surface area contributed by atoms with Crippen molar-refractivity contribution in [3.8, 4) is 5.69 Å². The molecule has 0 atom stereocenters. The van der Waals surface area contributed by atoms with E-state index in [9.17, 15) is 0 Å². The van der Waals surface area contributed by atoms with E-state index in [0.29, 0.717) is 0 Å². The number of nitrogens with zero attached hydrogens (tertiary/aromatic N) is 1. The molecule has 0 aliphatic heterocycles. The van der Waals surface area contributed by atoms with Crippen LogP contribution in [0.5, 0.6) is 0 Å². The van der Waals surface area contributed by atoms with E-state index in [1.807, 2.05) is 38.2 Å². The van der Waals surface area contributed by atoms with Gasteiger partial charge in [0.1, 0.15) is 5.82 Å². The highest BCUT2D eigenvalue weighted by molar-refractivity contribution is 5.92. The number of para-hydroxylation sites is 1. The second-order valence-electron chi connectivity index (χ2n) is 5.78. The highest BCUT2D eigenvalue weighted by Crippen LogP contribution is 2.29. The zero-order valence-electron chi connectivity index (χ0n) is 14.2. The van der Waals surface area contributed by atoms with Gasteiger partial charge in [-0.05, 0) is 42.3 Å². The predicted octanol–water partition coefficient (Wildman–Crippen LogP) is 5.64. The average Bonchev–Trinajstić information content (AvgIpc) is 3.03. The summed E-state index contributed by atoms with van der Waals surface area (Å²) in [6.07, 6.45) is 4.29. The predicted molar refractivity (Wildman–Crippen MR) is 104 cm³/mol. The summed E-state index contributed by atoms with van der Waals surface area (Å²) in [5.74, 6) is 1.07. The molecule has 2 nitrogen and oxygen atoms in total. The quantitative estimate of drug-likeness (QED) is 0.603. The Labute approximate surface area is 143 Å². The fourth-order valence-corrected chi connectivity index (χ4v) is 2.86. The van der Waals surface area contributed by atoms with Crippen LogP contribution in [0.3, 0.4) is 0 Å². The van der Waals surface area contributed by atoms with Crippen molar-refractivity contribution in [2.24, 2.45) is 0 Å². The van der Waals surface area contributed by atoms with Crippen LogP contribution >= 0.6 is 0 Å². The summed E-state index contributed by atoms with van der Waals surface area (Å²) in [6.45, 7) is 6.20. The minimum absolute atomic E-state index is 1.05. The van der Waals surface area contributed by atoms with E-state index in [1.54, 1.807) is 0 Å². The second-order valence-corrected chi connectivity index (χ2v) is 5.78. The van der Waals surface area contributed by atoms with Gasteiger partial charge in [0.15, 0.2) is 0 Å². The lowest BCUT2D eigenvalue weighted by atomic mass is 9.98. The molecule has 2 aromatic carbocycles. The van der Waals surface area contributed by atoms with Crippen molar-refractivity contribution in [1.82, 2.24) is 4.57 Å². The number of anilines is 1. The number of aromatic nitrogens is 1. The standard InChI is InChI=1S/C22H22N2/c1-17(2)21(18-10-6-4-7-11-18)16-19-14-15-24(22(19)23-3)20-12-8-5-9-13-20/h4-16,23H,1H2,2-3H3/b21-16-. The third-order valence-electron chi connectivity index (χ3n) is 4.03. The molecule has 0 bridgehead atoms. The first kappa shape index (κ1) is 15.9. The molecule has 24 heavy (non-hydrogen) atoms. The van der Waals surface area contributed by atoms with Crippen LogP contribution in [0.1, 0.15) is 18.1 Å². The molecule has 1 aromatic heterocycles. The lowest BCUT2D eigenvalue weighted by Gasteiger charge is -2.11. The maximum Gasteiger partial charge on any atom is 0.117 e. The molecule has 1 N–H and O–H groups in total. The SMILES string of the molecule is C=C(C)/C(=C/c1ccn(-c2ccccc2)c1NC)c1ccccc1. The summed E-state index contributed by atoms with van der Waals surface area (Å²) in [5, 5.41) is 3.33. The van der Waals surface area contributed by atoms with Gasteiger partial charge in [-0.3, -0.25) is 0 Å². The summed E-state index contributed by atoms with van der Waals surface area (Å²) in [6, 6.07) is 22.8. The Bertz CT molecular complexity index is 856. The van der Waals surface area contributed by atoms with Gasteiger partial charge in [-0.1, -0.05) is 60.7 Å². The minimum Gasteiger partial charge on any atom is -0.374 e. The summed E-state index contributed by atoms with van der Waals surface area (Å²) >= 11 is 0. The van der Waals surface area contributed by atoms with E-state index in [0.717, 1.165) is 28.2 Å². The molecule has 0 aliphatic rings. The normalized spacial score (nSPS) is 11.3. The van der Waals surface area contributed by atoms with Gasteiger partial charge >= 0.3 is 0 Å². The molecule has 0 radical (unpaired) electrons. The highest BCUT2D eigenvalue weighted by Gasteiger charge is 2.10. The number of benzene rings is 2. The minimum atomic E-state index is 1.05. The van der Waals surface area contributed by atoms with E-state index >= 15 is 0 Å². The van der Waals surface area contributed by atoms with Crippen LogP contribution in [0.2, 0.25) is 0 Å². The third-order valence-corrected chi connectivity index (χ3v) is 4.03. The van der Waals surface area contributed by atoms with Crippen molar-refractivity contribution in [1.29, 1.82) is 0 Å². The molecule has 3 aromatic rings. The van der Waals surface area contributed by atoms with Crippen LogP contribution in [0.4, 0.5) is 5.82 Å². The van der Waals surface area contributed by atoms with Gasteiger partial charge in [0.05, 0.1) is 0 Å². The summed E-state index contributed by atoms with van der Waals surface area (Å²) in [7, 11) is 1.95. The first-order chi connectivity index (χ1) is 11.7. The Morgan fingerprint density at radius 2 is 1.58 bits per heavy atom. The van der Waals surface area contributed by atoms with Crippen LogP contribution in [0.25, 0.3) is 17.3 Å². The van der Waals surface area contributed by atoms with Crippen molar-refractivity contribution < 1.29 is 0 Å². The number of rotatable bonds is 5. The van der Waals surface area contributed by atoms with Crippen LogP contribution in [-0.2, 0) is 0 Å². The molecule has 3 rings (SSSR count). The molecule has 0 aliphatic carbocycles. The van der Waals surface area contributed by atoms with Crippen molar-refractivity contribution in [2.75, 3.05) is 12.4 Å². The Hall–Kier alpha value is -3.00. The first-order valence-corrected chi connectivity index (χ1v) is 8.08. The van der Waals surface area contributed by atoms with Crippen LogP contribution < -0.4 is 5.32 Å². The monoisotopic (exact) mass is 314 g/mol. The van der Waals surface area contributed by atoms with Gasteiger partial charge in [-0.2, -0.15) is 0 Å². The maximum atomic E-state index is 4.15. The van der Waals surface area contributed by atoms with Crippen molar-refractivity contribution in [3.63, 3.8) is 0 Å². The van der Waals surface area contributed by atoms with Crippen LogP contribution in [0, 0.1) is 0 Å². The molecule has 0 saturated heterocycles. The Kier molecular flexibility index (Phi) is 4.66. The van der Waals surface area contributed by atoms with Gasteiger partial charge in [-0.15, -0.1) is 0 Å². The van der Waals surface area contributed by atoms with Gasteiger partial charge in [0, 0.05) is 24.5 Å². The Balaban J connectivity index is 2.09. The third kappa shape index (κ3) is 3.18. The molecule has 2 heteroatoms. The van der Waals surface area contributed by atoms with E-state index in [2.05, 4.69) is 71.2 Å². The Morgan fingerprint density at radius 3 is 2.17 bits per heavy atom. The Morgan fingerprint density at radius 1 is 0.958 bits per heavy atom. The largest absolute Gasteiger partial charge is 0.374 e. The lowest BCUT2D eigenvalue weighted by molar-refractivity contribution is 1.08. The van der Waals surface area contributed by atoms with Gasteiger partial charge in [-0.25, -0.2) is 0 Å². The smallest absolute Gasteiger partial charge is 0.117 e. The first-order valence-electron chi connectivity index (χ1n) is 8.08. The topological polar surface area (TPSA) is 17.0 Å². The molecule has 0 spiro atoms. The lowest BCUT2D eigenvalue weighted by Crippen LogP contribution is -2.00. The van der Waals surface area contributed by atoms with Crippen molar-refractivity contribution >= 4 is 17.5 Å². The fraction of sp³-hybridized carbons (Fsp3) is 0.0909. The molecular weight excluding hydrogens is 292 g/mol. The van der Waals surface area contributed by atoms with E-state index < -0.39 is 0 Å². The molecular formula is C22H22N2. The van der Waals surface area contributed by atoms with E-state index in [-0.39, 0.29) is 0 Å². The number of nitrogens with one attached hydrogen (secondary N) is 1. The maximum absolute atomic E-state index is 4.15. The number of hydrogen-bond acceptors (Lipinski definition) is 1. The molecule has 0 fully saturated rings. The number of allylic oxidation sites excluding steroid dienone is 2. The zero-order chi connectivity index (χ0) is 16.9. The number of hydrogen-bond donors (Lipinski definition) is 1. The summed E-state index contributed by atoms with van der Waals surface area (Å²) in [5.41, 5.74) is 5.66. The average molecular weight is 314 g/mol. The summed E-state index contributed by atoms with van der Waals surface area (Å²) in [4.78, 5) is 0. The molecule has 0 saturated carbocycles. The second kappa shape index (κ2) is 7.05. The van der Waals surface area contributed by atoms with Gasteiger partial charge in [0.2, 0.25) is 0 Å². The van der Waals surface area contributed by atoms with Crippen molar-refractivity contribution in [3.05, 3.63) is 96.2 Å². The van der Waals surface area contributed by atoms with E-state index in [4.69, 9.17) is 0 Å². The van der Waals surface area contributed by atoms with Crippen LogP contribution in [-0.4, -0.2) is 11.6 Å². The highest BCUT2D eigenvalue weighted by atomic mass is 15.1. The van der Waals surface area contributed by atoms with E-state index in [1.165, 1.54) is 5.56 Å². The van der Waals surface area contributed by atoms with Gasteiger partial charge < -0.3 is 9.88 Å². The van der Waals surface area contributed by atoms with Crippen molar-refractivity contribution in [2.45, 2.75) is 6.92 Å². The molecule has 120 valence electrons. The summed E-state index contributed by atoms with van der Waals surface area (Å²) < 4.78 is 2.16. The molecule has 0 amide bonds. The molecule has 1 heterocycles. The fourth-order valence-electron chi connectivity index (χ4n) is 2.86. The zero-order valence-corrected chi connectivity index (χ0v) is 14.2. The van der Waals surface area contributed by atoms with Gasteiger partial charge in [0.25, 0.3) is 0 Å². The van der Waals surface area contributed by atoms with Crippen LogP contribution in [0.15, 0.2) is 85.1 Å².